The van der Waals surface area contributed by atoms with Gasteiger partial charge < -0.3 is 4.90 Å². The number of piperidine rings is 1. The van der Waals surface area contributed by atoms with Crippen LogP contribution in [-0.2, 0) is 21.2 Å². The summed E-state index contributed by atoms with van der Waals surface area (Å²) in [6.45, 7) is 3.55. The van der Waals surface area contributed by atoms with Crippen LogP contribution < -0.4 is 4.72 Å². The average molecular weight is 420 g/mol. The Morgan fingerprint density at radius 1 is 1.36 bits per heavy atom. The van der Waals surface area contributed by atoms with Crippen LogP contribution in [0.5, 0.6) is 0 Å². The van der Waals surface area contributed by atoms with Gasteiger partial charge in [-0.05, 0) is 50.1 Å². The highest BCUT2D eigenvalue weighted by Crippen LogP contribution is 2.29. The molecule has 3 rings (SSSR count). The summed E-state index contributed by atoms with van der Waals surface area (Å²) >= 11 is 1.69. The van der Waals surface area contributed by atoms with E-state index in [2.05, 4.69) is 22.0 Å². The normalized spacial score (nSPS) is 17.9. The van der Waals surface area contributed by atoms with Crippen molar-refractivity contribution in [3.63, 3.8) is 0 Å². The third-order valence-electron chi connectivity index (χ3n) is 4.89. The molecule has 1 aromatic heterocycles. The van der Waals surface area contributed by atoms with Crippen LogP contribution in [0.1, 0.15) is 41.9 Å². The van der Waals surface area contributed by atoms with Crippen LogP contribution in [0.3, 0.4) is 0 Å². The van der Waals surface area contributed by atoms with Gasteiger partial charge in [0.15, 0.2) is 0 Å². The maximum absolute atomic E-state index is 12.6. The number of aromatic nitrogens is 1. The van der Waals surface area contributed by atoms with Crippen molar-refractivity contribution in [1.82, 2.24) is 14.6 Å². The van der Waals surface area contributed by atoms with Crippen molar-refractivity contribution in [1.29, 1.82) is 0 Å². The zero-order valence-electron chi connectivity index (χ0n) is 16.1. The predicted molar refractivity (Wildman–Crippen MR) is 112 cm³/mol. The highest BCUT2D eigenvalue weighted by Gasteiger charge is 2.25. The second kappa shape index (κ2) is 8.98. The fraction of sp³-hybridized carbons (Fsp3) is 0.400. The topological polar surface area (TPSA) is 79.4 Å². The third kappa shape index (κ3) is 4.87. The van der Waals surface area contributed by atoms with Crippen LogP contribution in [0, 0.1) is 0 Å². The molecule has 0 radical (unpaired) electrons. The van der Waals surface area contributed by atoms with E-state index in [9.17, 15) is 13.2 Å². The van der Waals surface area contributed by atoms with Crippen LogP contribution in [0.4, 0.5) is 0 Å². The number of thiazole rings is 1. The molecule has 1 N–H and O–H groups in total. The van der Waals surface area contributed by atoms with Gasteiger partial charge in [-0.1, -0.05) is 19.1 Å². The van der Waals surface area contributed by atoms with Crippen molar-refractivity contribution in [2.24, 2.45) is 0 Å². The van der Waals surface area contributed by atoms with Gasteiger partial charge in [-0.15, -0.1) is 11.3 Å². The van der Waals surface area contributed by atoms with Crippen molar-refractivity contribution in [2.75, 3.05) is 20.1 Å². The molecule has 1 saturated heterocycles. The lowest BCUT2D eigenvalue weighted by Gasteiger charge is -2.31. The van der Waals surface area contributed by atoms with Gasteiger partial charge in [-0.25, -0.2) is 18.1 Å². The van der Waals surface area contributed by atoms with Crippen LogP contribution >= 0.6 is 11.3 Å². The summed E-state index contributed by atoms with van der Waals surface area (Å²) in [4.78, 5) is 19.4. The molecule has 0 saturated carbocycles. The number of carbonyl (C=O) groups is 1. The number of hydrogen-bond donors (Lipinski definition) is 1. The number of nitrogens with one attached hydrogen (secondary N) is 1. The largest absolute Gasteiger partial charge is 0.338 e. The summed E-state index contributed by atoms with van der Waals surface area (Å²) < 4.78 is 25.8. The molecule has 1 aliphatic rings. The van der Waals surface area contributed by atoms with Crippen molar-refractivity contribution in [3.05, 3.63) is 52.0 Å². The van der Waals surface area contributed by atoms with Crippen molar-refractivity contribution in [2.45, 2.75) is 37.0 Å². The highest BCUT2D eigenvalue weighted by atomic mass is 32.2. The van der Waals surface area contributed by atoms with E-state index in [0.717, 1.165) is 42.1 Å². The smallest absolute Gasteiger partial charge is 0.246 e. The van der Waals surface area contributed by atoms with Gasteiger partial charge in [0.1, 0.15) is 0 Å². The fourth-order valence-corrected chi connectivity index (χ4v) is 4.96. The molecule has 6 nitrogen and oxygen atoms in total. The van der Waals surface area contributed by atoms with Crippen LogP contribution in [0.15, 0.2) is 40.6 Å². The number of benzene rings is 1. The Hall–Kier alpha value is -2.03. The summed E-state index contributed by atoms with van der Waals surface area (Å²) in [5.74, 6) is 0.284. The molecule has 1 amide bonds. The van der Waals surface area contributed by atoms with E-state index >= 15 is 0 Å². The molecule has 1 atom stereocenters. The zero-order valence-corrected chi connectivity index (χ0v) is 17.7. The van der Waals surface area contributed by atoms with E-state index in [0.29, 0.717) is 12.5 Å². The van der Waals surface area contributed by atoms with Crippen LogP contribution in [0.25, 0.3) is 6.08 Å². The predicted octanol–water partition coefficient (Wildman–Crippen LogP) is 3.03. The highest BCUT2D eigenvalue weighted by molar-refractivity contribution is 7.89. The minimum Gasteiger partial charge on any atom is -0.338 e. The van der Waals surface area contributed by atoms with E-state index in [1.165, 1.54) is 19.2 Å². The molecule has 1 fully saturated rings. The van der Waals surface area contributed by atoms with Gasteiger partial charge in [0, 0.05) is 30.5 Å². The lowest BCUT2D eigenvalue weighted by molar-refractivity contribution is -0.127. The van der Waals surface area contributed by atoms with E-state index in [1.807, 2.05) is 4.90 Å². The van der Waals surface area contributed by atoms with E-state index in [-0.39, 0.29) is 10.8 Å². The molecular weight excluding hydrogens is 394 g/mol. The maximum Gasteiger partial charge on any atom is 0.246 e. The molecular formula is C20H25N3O3S2. The lowest BCUT2D eigenvalue weighted by Crippen LogP contribution is -2.38. The first-order valence-corrected chi connectivity index (χ1v) is 11.7. The number of likely N-dealkylation sites (tertiary alicyclic amines) is 1. The number of hydrogen-bond acceptors (Lipinski definition) is 5. The molecule has 2 heterocycles. The number of rotatable bonds is 6. The Morgan fingerprint density at radius 2 is 2.11 bits per heavy atom. The summed E-state index contributed by atoms with van der Waals surface area (Å²) in [5, 5.41) is 3.23. The minimum atomic E-state index is -3.45. The molecule has 150 valence electrons. The van der Waals surface area contributed by atoms with Gasteiger partial charge in [0.05, 0.1) is 15.6 Å². The van der Waals surface area contributed by atoms with Crippen LogP contribution in [-0.4, -0.2) is 44.3 Å². The SMILES string of the molecule is CCc1csc(C2CCCN(C(=O)/C=C/c3ccc(S(=O)(=O)NC)cc3)C2)n1. The van der Waals surface area contributed by atoms with E-state index < -0.39 is 10.0 Å². The van der Waals surface area contributed by atoms with E-state index in [1.54, 1.807) is 35.6 Å². The first-order valence-electron chi connectivity index (χ1n) is 9.38. The summed E-state index contributed by atoms with van der Waals surface area (Å²) in [5.41, 5.74) is 1.90. The van der Waals surface area contributed by atoms with Crippen molar-refractivity contribution < 1.29 is 13.2 Å². The number of amides is 1. The van der Waals surface area contributed by atoms with Crippen molar-refractivity contribution >= 4 is 33.3 Å². The second-order valence-corrected chi connectivity index (χ2v) is 9.54. The van der Waals surface area contributed by atoms with Gasteiger partial charge >= 0.3 is 0 Å². The van der Waals surface area contributed by atoms with Gasteiger partial charge in [-0.2, -0.15) is 0 Å². The molecule has 1 unspecified atom stereocenters. The molecule has 8 heteroatoms. The number of carbonyl (C=O) groups excluding carboxylic acids is 1. The Morgan fingerprint density at radius 3 is 2.75 bits per heavy atom. The molecule has 1 aromatic carbocycles. The molecule has 0 aliphatic carbocycles. The van der Waals surface area contributed by atoms with E-state index in [4.69, 9.17) is 0 Å². The second-order valence-electron chi connectivity index (χ2n) is 6.76. The zero-order chi connectivity index (χ0) is 20.1. The summed E-state index contributed by atoms with van der Waals surface area (Å²) in [6.07, 6.45) is 6.25. The third-order valence-corrected chi connectivity index (χ3v) is 7.38. The van der Waals surface area contributed by atoms with Crippen LogP contribution in [0.2, 0.25) is 0 Å². The Kier molecular flexibility index (Phi) is 6.64. The lowest BCUT2D eigenvalue weighted by atomic mass is 9.98. The monoisotopic (exact) mass is 419 g/mol. The number of nitrogens with zero attached hydrogens (tertiary/aromatic N) is 2. The molecule has 1 aliphatic heterocycles. The molecule has 0 spiro atoms. The number of aryl methyl sites for hydroxylation is 1. The summed E-state index contributed by atoms with van der Waals surface area (Å²) in [6, 6.07) is 6.44. The standard InChI is InChI=1S/C20H25N3O3S2/c1-3-17-14-27-20(22-17)16-5-4-12-23(13-16)19(24)11-8-15-6-9-18(10-7-15)28(25,26)21-2/h6-11,14,16,21H,3-5,12-13H2,1-2H3/b11-8+. The molecule has 28 heavy (non-hydrogen) atoms. The fourth-order valence-electron chi connectivity index (χ4n) is 3.20. The minimum absolute atomic E-state index is 0.0242. The molecule has 0 bridgehead atoms. The first-order chi connectivity index (χ1) is 13.4. The Balaban J connectivity index is 1.63. The molecule has 2 aromatic rings. The van der Waals surface area contributed by atoms with Gasteiger partial charge in [0.25, 0.3) is 0 Å². The van der Waals surface area contributed by atoms with Gasteiger partial charge in [-0.3, -0.25) is 4.79 Å². The summed E-state index contributed by atoms with van der Waals surface area (Å²) in [7, 11) is -2.07. The first kappa shape index (κ1) is 20.7. The number of sulfonamides is 1. The van der Waals surface area contributed by atoms with Gasteiger partial charge in [0.2, 0.25) is 15.9 Å². The Bertz CT molecular complexity index is 949. The Labute approximate surface area is 170 Å². The van der Waals surface area contributed by atoms with Crippen molar-refractivity contribution in [3.8, 4) is 0 Å². The maximum atomic E-state index is 12.6. The quantitative estimate of drug-likeness (QED) is 0.730. The average Bonchev–Trinajstić information content (AvgIpc) is 3.22.